The molecule has 0 saturated heterocycles. The van der Waals surface area contributed by atoms with Gasteiger partial charge >= 0.3 is 0 Å². The highest BCUT2D eigenvalue weighted by Crippen LogP contribution is 2.27. The van der Waals surface area contributed by atoms with Crippen LogP contribution in [0.25, 0.3) is 0 Å². The van der Waals surface area contributed by atoms with Gasteiger partial charge in [-0.2, -0.15) is 4.31 Å². The highest BCUT2D eigenvalue weighted by atomic mass is 35.5. The third kappa shape index (κ3) is 4.20. The first-order valence-electron chi connectivity index (χ1n) is 8.08. The van der Waals surface area contributed by atoms with Gasteiger partial charge in [-0.05, 0) is 42.8 Å². The van der Waals surface area contributed by atoms with E-state index in [1.807, 2.05) is 0 Å². The molecule has 8 heteroatoms. The van der Waals surface area contributed by atoms with Gasteiger partial charge in [-0.15, -0.1) is 0 Å². The van der Waals surface area contributed by atoms with Crippen molar-refractivity contribution in [1.82, 2.24) is 4.31 Å². The van der Waals surface area contributed by atoms with Crippen LogP contribution < -0.4 is 5.32 Å². The van der Waals surface area contributed by atoms with Crippen LogP contribution in [-0.2, 0) is 10.0 Å². The highest BCUT2D eigenvalue weighted by molar-refractivity contribution is 7.89. The number of rotatable bonds is 6. The predicted octanol–water partition coefficient (Wildman–Crippen LogP) is 4.58. The van der Waals surface area contributed by atoms with Gasteiger partial charge < -0.3 is 5.32 Å². The molecule has 0 saturated carbocycles. The predicted molar refractivity (Wildman–Crippen MR) is 106 cm³/mol. The summed E-state index contributed by atoms with van der Waals surface area (Å²) in [5.41, 5.74) is 1.48. The fraction of sp³-hybridized carbons (Fsp3) is 0.278. The van der Waals surface area contributed by atoms with Crippen molar-refractivity contribution in [3.63, 3.8) is 0 Å². The Morgan fingerprint density at radius 1 is 1.08 bits per heavy atom. The quantitative estimate of drug-likeness (QED) is 0.751. The lowest BCUT2D eigenvalue weighted by atomic mass is 10.1. The van der Waals surface area contributed by atoms with Crippen LogP contribution in [0.3, 0.4) is 0 Å². The minimum absolute atomic E-state index is 0.0763. The third-order valence-electron chi connectivity index (χ3n) is 4.03. The molecule has 2 aromatic carbocycles. The molecule has 0 unspecified atom stereocenters. The van der Waals surface area contributed by atoms with Gasteiger partial charge in [-0.25, -0.2) is 8.42 Å². The largest absolute Gasteiger partial charge is 0.322 e. The topological polar surface area (TPSA) is 66.5 Å². The van der Waals surface area contributed by atoms with Gasteiger partial charge in [0.1, 0.15) is 4.90 Å². The Morgan fingerprint density at radius 2 is 1.73 bits per heavy atom. The lowest BCUT2D eigenvalue weighted by Crippen LogP contribution is -2.31. The van der Waals surface area contributed by atoms with E-state index in [-0.39, 0.29) is 15.5 Å². The van der Waals surface area contributed by atoms with Crippen LogP contribution in [0.1, 0.15) is 29.8 Å². The number of hydrogen-bond acceptors (Lipinski definition) is 3. The molecule has 0 heterocycles. The molecule has 140 valence electrons. The number of carbonyl (C=O) groups excluding carboxylic acids is 1. The minimum atomic E-state index is -3.78. The van der Waals surface area contributed by atoms with Gasteiger partial charge in [0.25, 0.3) is 5.91 Å². The molecule has 1 amide bonds. The molecule has 0 bridgehead atoms. The second-order valence-electron chi connectivity index (χ2n) is 5.60. The van der Waals surface area contributed by atoms with Crippen molar-refractivity contribution in [2.24, 2.45) is 0 Å². The number of nitrogens with one attached hydrogen (secondary N) is 1. The van der Waals surface area contributed by atoms with E-state index in [9.17, 15) is 13.2 Å². The number of carbonyl (C=O) groups is 1. The van der Waals surface area contributed by atoms with Crippen LogP contribution in [0.15, 0.2) is 41.3 Å². The van der Waals surface area contributed by atoms with E-state index in [4.69, 9.17) is 23.2 Å². The number of halogens is 2. The van der Waals surface area contributed by atoms with Crippen molar-refractivity contribution < 1.29 is 13.2 Å². The molecule has 0 radical (unpaired) electrons. The summed E-state index contributed by atoms with van der Waals surface area (Å²) < 4.78 is 26.8. The van der Waals surface area contributed by atoms with Gasteiger partial charge in [0, 0.05) is 29.4 Å². The number of hydrogen-bond donors (Lipinski definition) is 1. The van der Waals surface area contributed by atoms with E-state index >= 15 is 0 Å². The zero-order valence-corrected chi connectivity index (χ0v) is 17.0. The van der Waals surface area contributed by atoms with Crippen molar-refractivity contribution in [3.8, 4) is 0 Å². The number of sulfonamides is 1. The highest BCUT2D eigenvalue weighted by Gasteiger charge is 2.25. The standard InChI is InChI=1S/C18H20Cl2N2O3S/c1-4-22(5-2)26(24,25)17-11-13(9-10-15(17)20)18(23)21-16-8-6-7-14(19)12(16)3/h6-11H,4-5H2,1-3H3,(H,21,23). The number of amides is 1. The summed E-state index contributed by atoms with van der Waals surface area (Å²) in [6, 6.07) is 9.37. The molecule has 5 nitrogen and oxygen atoms in total. The van der Waals surface area contributed by atoms with E-state index < -0.39 is 15.9 Å². The summed E-state index contributed by atoms with van der Waals surface area (Å²) in [5, 5.41) is 3.36. The van der Waals surface area contributed by atoms with Crippen molar-refractivity contribution in [3.05, 3.63) is 57.6 Å². The Kier molecular flexibility index (Phi) is 6.69. The molecular formula is C18H20Cl2N2O3S. The van der Waals surface area contributed by atoms with Gasteiger partial charge in [0.15, 0.2) is 0 Å². The molecule has 2 rings (SSSR count). The molecule has 0 fully saturated rings. The first-order chi connectivity index (χ1) is 12.2. The first-order valence-corrected chi connectivity index (χ1v) is 10.3. The van der Waals surface area contributed by atoms with Crippen LogP contribution >= 0.6 is 23.2 Å². The summed E-state index contributed by atoms with van der Waals surface area (Å²) in [4.78, 5) is 12.5. The second kappa shape index (κ2) is 8.39. The third-order valence-corrected chi connectivity index (χ3v) is 6.97. The van der Waals surface area contributed by atoms with Gasteiger partial charge in [0.2, 0.25) is 10.0 Å². The van der Waals surface area contributed by atoms with Crippen molar-refractivity contribution in [1.29, 1.82) is 0 Å². The van der Waals surface area contributed by atoms with E-state index in [0.29, 0.717) is 23.8 Å². The monoisotopic (exact) mass is 414 g/mol. The summed E-state index contributed by atoms with van der Waals surface area (Å²) in [6.07, 6.45) is 0. The van der Waals surface area contributed by atoms with Gasteiger partial charge in [0.05, 0.1) is 5.02 Å². The summed E-state index contributed by atoms with van der Waals surface area (Å²) in [7, 11) is -3.78. The lowest BCUT2D eigenvalue weighted by molar-refractivity contribution is 0.102. The van der Waals surface area contributed by atoms with Crippen molar-refractivity contribution in [2.45, 2.75) is 25.7 Å². The molecule has 0 aliphatic carbocycles. The fourth-order valence-electron chi connectivity index (χ4n) is 2.48. The average molecular weight is 415 g/mol. The van der Waals surface area contributed by atoms with Crippen LogP contribution in [-0.4, -0.2) is 31.7 Å². The van der Waals surface area contributed by atoms with Gasteiger partial charge in [-0.3, -0.25) is 4.79 Å². The number of benzene rings is 2. The molecule has 0 aliphatic rings. The van der Waals surface area contributed by atoms with Gasteiger partial charge in [-0.1, -0.05) is 43.1 Å². The summed E-state index contributed by atoms with van der Waals surface area (Å²) >= 11 is 12.2. The Bertz CT molecular complexity index is 926. The minimum Gasteiger partial charge on any atom is -0.322 e. The smallest absolute Gasteiger partial charge is 0.255 e. The fourth-order valence-corrected chi connectivity index (χ4v) is 4.62. The summed E-state index contributed by atoms with van der Waals surface area (Å²) in [6.45, 7) is 5.90. The Morgan fingerprint density at radius 3 is 2.35 bits per heavy atom. The van der Waals surface area contributed by atoms with Crippen molar-refractivity contribution >= 4 is 44.8 Å². The first kappa shape index (κ1) is 20.7. The normalized spacial score (nSPS) is 11.6. The maximum absolute atomic E-state index is 12.7. The molecular weight excluding hydrogens is 395 g/mol. The second-order valence-corrected chi connectivity index (χ2v) is 8.32. The van der Waals surface area contributed by atoms with Crippen LogP contribution in [0.4, 0.5) is 5.69 Å². The molecule has 0 aromatic heterocycles. The molecule has 2 aromatic rings. The van der Waals surface area contributed by atoms with E-state index in [2.05, 4.69) is 5.32 Å². The van der Waals surface area contributed by atoms with Crippen LogP contribution in [0.2, 0.25) is 10.0 Å². The lowest BCUT2D eigenvalue weighted by Gasteiger charge is -2.19. The zero-order chi connectivity index (χ0) is 19.5. The number of anilines is 1. The molecule has 26 heavy (non-hydrogen) atoms. The maximum Gasteiger partial charge on any atom is 0.255 e. The van der Waals surface area contributed by atoms with E-state index in [1.54, 1.807) is 39.0 Å². The van der Waals surface area contributed by atoms with E-state index in [0.717, 1.165) is 5.56 Å². The van der Waals surface area contributed by atoms with Crippen LogP contribution in [0, 0.1) is 6.92 Å². The zero-order valence-electron chi connectivity index (χ0n) is 14.7. The maximum atomic E-state index is 12.7. The molecule has 0 spiro atoms. The van der Waals surface area contributed by atoms with Crippen LogP contribution in [0.5, 0.6) is 0 Å². The average Bonchev–Trinajstić information content (AvgIpc) is 2.60. The SMILES string of the molecule is CCN(CC)S(=O)(=O)c1cc(C(=O)Nc2cccc(Cl)c2C)ccc1Cl. The molecule has 0 atom stereocenters. The Hall–Kier alpha value is -1.60. The summed E-state index contributed by atoms with van der Waals surface area (Å²) in [5.74, 6) is -0.442. The Balaban J connectivity index is 2.40. The Labute approximate surface area is 164 Å². The van der Waals surface area contributed by atoms with Crippen molar-refractivity contribution in [2.75, 3.05) is 18.4 Å². The number of nitrogens with zero attached hydrogens (tertiary/aromatic N) is 1. The van der Waals surface area contributed by atoms with E-state index in [1.165, 1.54) is 22.5 Å². The molecule has 0 aliphatic heterocycles. The molecule has 1 N–H and O–H groups in total.